The van der Waals surface area contributed by atoms with Gasteiger partial charge in [0.1, 0.15) is 5.75 Å². The summed E-state index contributed by atoms with van der Waals surface area (Å²) in [6, 6.07) is 8.19. The van der Waals surface area contributed by atoms with Gasteiger partial charge in [-0.2, -0.15) is 0 Å². The van der Waals surface area contributed by atoms with E-state index in [9.17, 15) is 9.18 Å². The maximum absolute atomic E-state index is 14.2. The zero-order valence-electron chi connectivity index (χ0n) is 14.8. The molecule has 3 N–H and O–H groups in total. The molecule has 0 aliphatic heterocycles. The average Bonchev–Trinajstić information content (AvgIpc) is 2.62. The topological polar surface area (TPSA) is 77.2 Å². The number of nitrogens with one attached hydrogen (secondary N) is 1. The number of amides is 1. The molecule has 1 aliphatic carbocycles. The second-order valence-corrected chi connectivity index (χ2v) is 6.40. The van der Waals surface area contributed by atoms with Gasteiger partial charge in [-0.15, -0.1) is 24.8 Å². The van der Waals surface area contributed by atoms with Crippen LogP contribution in [0.3, 0.4) is 0 Å². The number of pyridine rings is 1. The minimum atomic E-state index is -0.477. The summed E-state index contributed by atoms with van der Waals surface area (Å²) in [5.41, 5.74) is 6.61. The Morgan fingerprint density at radius 2 is 2.11 bits per heavy atom. The molecular weight excluding hydrogens is 392 g/mol. The van der Waals surface area contributed by atoms with E-state index in [2.05, 4.69) is 10.3 Å². The molecule has 0 radical (unpaired) electrons. The van der Waals surface area contributed by atoms with Crippen molar-refractivity contribution in [3.63, 3.8) is 0 Å². The van der Waals surface area contributed by atoms with Gasteiger partial charge in [-0.25, -0.2) is 4.39 Å². The van der Waals surface area contributed by atoms with Gasteiger partial charge < -0.3 is 15.8 Å². The fraction of sp³-hybridized carbons (Fsp3) is 0.368. The number of nitrogens with two attached hydrogens (primary N) is 1. The fourth-order valence-corrected chi connectivity index (χ4v) is 3.07. The highest BCUT2D eigenvalue weighted by molar-refractivity contribution is 5.85. The van der Waals surface area contributed by atoms with Crippen LogP contribution in [0, 0.1) is 11.7 Å². The first-order valence-electron chi connectivity index (χ1n) is 8.51. The smallest absolute Gasteiger partial charge is 0.223 e. The molecule has 0 saturated heterocycles. The first-order valence-corrected chi connectivity index (χ1v) is 8.51. The quantitative estimate of drug-likeness (QED) is 0.773. The summed E-state index contributed by atoms with van der Waals surface area (Å²) >= 11 is 0. The maximum atomic E-state index is 14.2. The van der Waals surface area contributed by atoms with E-state index in [1.165, 1.54) is 12.3 Å². The monoisotopic (exact) mass is 415 g/mol. The number of ether oxygens (including phenoxy) is 1. The second-order valence-electron chi connectivity index (χ2n) is 6.40. The number of halogens is 3. The van der Waals surface area contributed by atoms with Gasteiger partial charge >= 0.3 is 0 Å². The highest BCUT2D eigenvalue weighted by Crippen LogP contribution is 2.25. The summed E-state index contributed by atoms with van der Waals surface area (Å²) in [4.78, 5) is 16.1. The van der Waals surface area contributed by atoms with Crippen LogP contribution in [0.25, 0.3) is 0 Å². The Morgan fingerprint density at radius 3 is 2.78 bits per heavy atom. The van der Waals surface area contributed by atoms with E-state index in [0.717, 1.165) is 25.7 Å². The number of carbonyl (C=O) groups is 1. The largest absolute Gasteiger partial charge is 0.453 e. The van der Waals surface area contributed by atoms with Crippen LogP contribution in [-0.2, 0) is 11.3 Å². The van der Waals surface area contributed by atoms with Crippen LogP contribution >= 0.6 is 24.8 Å². The summed E-state index contributed by atoms with van der Waals surface area (Å²) in [7, 11) is 0. The van der Waals surface area contributed by atoms with Crippen LogP contribution in [0.15, 0.2) is 42.7 Å². The van der Waals surface area contributed by atoms with Crippen molar-refractivity contribution in [1.29, 1.82) is 0 Å². The lowest BCUT2D eigenvalue weighted by molar-refractivity contribution is -0.126. The van der Waals surface area contributed by atoms with Crippen LogP contribution in [0.1, 0.15) is 31.2 Å². The van der Waals surface area contributed by atoms with Gasteiger partial charge in [0.25, 0.3) is 0 Å². The summed E-state index contributed by atoms with van der Waals surface area (Å²) in [6.45, 7) is 0.286. The number of aromatic nitrogens is 1. The van der Waals surface area contributed by atoms with Crippen molar-refractivity contribution in [2.45, 2.75) is 38.3 Å². The van der Waals surface area contributed by atoms with Crippen molar-refractivity contribution in [1.82, 2.24) is 10.3 Å². The van der Waals surface area contributed by atoms with E-state index >= 15 is 0 Å². The second kappa shape index (κ2) is 11.1. The zero-order chi connectivity index (χ0) is 17.6. The van der Waals surface area contributed by atoms with Crippen molar-refractivity contribution >= 4 is 30.7 Å². The van der Waals surface area contributed by atoms with Crippen LogP contribution in [-0.4, -0.2) is 16.9 Å². The lowest BCUT2D eigenvalue weighted by Gasteiger charge is -2.25. The highest BCUT2D eigenvalue weighted by Gasteiger charge is 2.25. The average molecular weight is 416 g/mol. The maximum Gasteiger partial charge on any atom is 0.223 e. The normalized spacial score (nSPS) is 18.6. The van der Waals surface area contributed by atoms with E-state index in [-0.39, 0.29) is 55.0 Å². The predicted octanol–water partition coefficient (Wildman–Crippen LogP) is 3.99. The third-order valence-corrected chi connectivity index (χ3v) is 4.41. The Hall–Kier alpha value is -1.89. The van der Waals surface area contributed by atoms with E-state index in [4.69, 9.17) is 10.5 Å². The standard InChI is InChI=1S/C19H22FN3O2.2ClH/c20-17-9-13(6-7-18(17)25-16-5-2-8-22-12-16)11-23-19(24)14-3-1-4-15(21)10-14;;/h2,5-9,12,14-15H,1,3-4,10-11,21H2,(H,23,24);2*1H. The lowest BCUT2D eigenvalue weighted by Crippen LogP contribution is -2.37. The first-order chi connectivity index (χ1) is 12.1. The van der Waals surface area contributed by atoms with E-state index < -0.39 is 5.82 Å². The number of hydrogen-bond acceptors (Lipinski definition) is 4. The van der Waals surface area contributed by atoms with Gasteiger partial charge in [-0.3, -0.25) is 9.78 Å². The van der Waals surface area contributed by atoms with E-state index in [1.54, 1.807) is 30.5 Å². The number of rotatable bonds is 5. The predicted molar refractivity (Wildman–Crippen MR) is 107 cm³/mol. The molecule has 148 valence electrons. The molecule has 1 heterocycles. The summed E-state index contributed by atoms with van der Waals surface area (Å²) in [5, 5.41) is 2.87. The molecule has 2 aromatic rings. The van der Waals surface area contributed by atoms with Crippen LogP contribution in [0.4, 0.5) is 4.39 Å². The summed E-state index contributed by atoms with van der Waals surface area (Å²) < 4.78 is 19.6. The van der Waals surface area contributed by atoms with Gasteiger partial charge in [-0.1, -0.05) is 12.5 Å². The van der Waals surface area contributed by atoms with Gasteiger partial charge in [-0.05, 0) is 49.1 Å². The van der Waals surface area contributed by atoms with E-state index in [0.29, 0.717) is 11.3 Å². The Balaban J connectivity index is 0.00000182. The van der Waals surface area contributed by atoms with Crippen molar-refractivity contribution in [3.05, 3.63) is 54.1 Å². The third kappa shape index (κ3) is 6.65. The molecule has 2 atom stereocenters. The first kappa shape index (κ1) is 23.1. The van der Waals surface area contributed by atoms with Crippen LogP contribution in [0.2, 0.25) is 0 Å². The number of nitrogens with zero attached hydrogens (tertiary/aromatic N) is 1. The lowest BCUT2D eigenvalue weighted by atomic mass is 9.85. The Labute approximate surface area is 170 Å². The third-order valence-electron chi connectivity index (χ3n) is 4.41. The van der Waals surface area contributed by atoms with Gasteiger partial charge in [0.05, 0.1) is 6.20 Å². The Morgan fingerprint density at radius 1 is 1.30 bits per heavy atom. The van der Waals surface area contributed by atoms with Gasteiger partial charge in [0.2, 0.25) is 5.91 Å². The Bertz CT molecular complexity index is 734. The molecule has 3 rings (SSSR count). The number of benzene rings is 1. The minimum Gasteiger partial charge on any atom is -0.453 e. The summed E-state index contributed by atoms with van der Waals surface area (Å²) in [6.07, 6.45) is 6.68. The van der Waals surface area contributed by atoms with E-state index in [1.807, 2.05) is 0 Å². The summed E-state index contributed by atoms with van der Waals surface area (Å²) in [5.74, 6) is 0.0701. The van der Waals surface area contributed by atoms with Gasteiger partial charge in [0, 0.05) is 24.7 Å². The molecule has 1 aromatic heterocycles. The Kier molecular flexibility index (Phi) is 9.49. The minimum absolute atomic E-state index is 0. The van der Waals surface area contributed by atoms with Crippen LogP contribution < -0.4 is 15.8 Å². The molecule has 2 unspecified atom stereocenters. The molecule has 8 heteroatoms. The molecule has 0 bridgehead atoms. The molecule has 5 nitrogen and oxygen atoms in total. The molecule has 1 aromatic carbocycles. The molecule has 1 fully saturated rings. The highest BCUT2D eigenvalue weighted by atomic mass is 35.5. The zero-order valence-corrected chi connectivity index (χ0v) is 16.4. The van der Waals surface area contributed by atoms with Crippen molar-refractivity contribution in [2.75, 3.05) is 0 Å². The van der Waals surface area contributed by atoms with Crippen molar-refractivity contribution in [2.24, 2.45) is 11.7 Å². The van der Waals surface area contributed by atoms with Gasteiger partial charge in [0.15, 0.2) is 11.6 Å². The molecular formula is C19H24Cl2FN3O2. The molecule has 1 aliphatic rings. The SMILES string of the molecule is Cl.Cl.NC1CCCC(C(=O)NCc2ccc(Oc3cccnc3)c(F)c2)C1. The number of hydrogen-bond donors (Lipinski definition) is 2. The number of carbonyl (C=O) groups excluding carboxylic acids is 1. The van der Waals surface area contributed by atoms with Crippen molar-refractivity contribution in [3.8, 4) is 11.5 Å². The molecule has 1 amide bonds. The molecule has 1 saturated carbocycles. The van der Waals surface area contributed by atoms with Crippen LogP contribution in [0.5, 0.6) is 11.5 Å². The van der Waals surface area contributed by atoms with Crippen molar-refractivity contribution < 1.29 is 13.9 Å². The molecule has 27 heavy (non-hydrogen) atoms. The fourth-order valence-electron chi connectivity index (χ4n) is 3.07. The molecule has 0 spiro atoms.